The second-order valence-electron chi connectivity index (χ2n) is 7.34. The number of fused-ring (bicyclic) bond motifs is 1. The van der Waals surface area contributed by atoms with Gasteiger partial charge in [-0.25, -0.2) is 15.0 Å². The van der Waals surface area contributed by atoms with E-state index >= 15 is 0 Å². The minimum Gasteiger partial charge on any atom is -0.419 e. The minimum atomic E-state index is -0.489. The number of aliphatic hydroxyl groups is 1. The Morgan fingerprint density at radius 2 is 1.90 bits per heavy atom. The third-order valence-corrected chi connectivity index (χ3v) is 5.26. The van der Waals surface area contributed by atoms with E-state index in [4.69, 9.17) is 14.7 Å². The number of pyridine rings is 1. The van der Waals surface area contributed by atoms with Crippen molar-refractivity contribution in [1.82, 2.24) is 15.0 Å². The molecule has 6 heteroatoms. The summed E-state index contributed by atoms with van der Waals surface area (Å²) in [7, 11) is 0. The molecule has 0 fully saturated rings. The molecule has 2 N–H and O–H groups in total. The highest BCUT2D eigenvalue weighted by molar-refractivity contribution is 5.49. The fourth-order valence-electron chi connectivity index (χ4n) is 3.72. The molecule has 0 amide bonds. The van der Waals surface area contributed by atoms with Crippen LogP contribution in [0.25, 0.3) is 0 Å². The van der Waals surface area contributed by atoms with Crippen molar-refractivity contribution in [2.75, 3.05) is 5.32 Å². The summed E-state index contributed by atoms with van der Waals surface area (Å²) in [5.74, 6) is 1.70. The van der Waals surface area contributed by atoms with Crippen LogP contribution < -0.4 is 10.1 Å². The van der Waals surface area contributed by atoms with Crippen LogP contribution in [0.1, 0.15) is 48.0 Å². The highest BCUT2D eigenvalue weighted by Crippen LogP contribution is 2.35. The first-order chi connectivity index (χ1) is 14.1. The van der Waals surface area contributed by atoms with E-state index < -0.39 is 6.10 Å². The summed E-state index contributed by atoms with van der Waals surface area (Å²) in [6.07, 6.45) is 3.25. The molecule has 4 rings (SSSR count). The highest BCUT2D eigenvalue weighted by atomic mass is 16.5. The normalized spacial score (nSPS) is 17.8. The van der Waals surface area contributed by atoms with Crippen molar-refractivity contribution in [3.63, 3.8) is 0 Å². The molecule has 1 aliphatic carbocycles. The summed E-state index contributed by atoms with van der Waals surface area (Å²) in [6, 6.07) is 11.7. The first-order valence-corrected chi connectivity index (χ1v) is 10.1. The van der Waals surface area contributed by atoms with Crippen molar-refractivity contribution < 1.29 is 9.84 Å². The summed E-state index contributed by atoms with van der Waals surface area (Å²) >= 11 is 0. The largest absolute Gasteiger partial charge is 0.419 e. The lowest BCUT2D eigenvalue weighted by molar-refractivity contribution is 0.165. The zero-order valence-electron chi connectivity index (χ0n) is 17.0. The first-order valence-electron chi connectivity index (χ1n) is 10.1. The quantitative estimate of drug-likeness (QED) is 0.658. The summed E-state index contributed by atoms with van der Waals surface area (Å²) in [5, 5.41) is 14.0. The minimum absolute atomic E-state index is 0.194. The number of hydrogen-bond donors (Lipinski definition) is 2. The van der Waals surface area contributed by atoms with Crippen LogP contribution in [0.4, 0.5) is 5.82 Å². The third kappa shape index (κ3) is 3.93. The van der Waals surface area contributed by atoms with E-state index in [0.717, 1.165) is 22.5 Å². The Labute approximate surface area is 171 Å². The Hall–Kier alpha value is -2.99. The van der Waals surface area contributed by atoms with Crippen molar-refractivity contribution in [3.8, 4) is 11.8 Å². The molecular weight excluding hydrogens is 364 g/mol. The number of aryl methyl sites for hydroxylation is 3. The van der Waals surface area contributed by atoms with Crippen molar-refractivity contribution >= 4 is 5.82 Å². The fourth-order valence-corrected chi connectivity index (χ4v) is 3.72. The van der Waals surface area contributed by atoms with Crippen LogP contribution in [0, 0.1) is 6.92 Å². The Kier molecular flexibility index (Phi) is 5.45. The number of nitrogens with zero attached hydrogens (tertiary/aromatic N) is 3. The van der Waals surface area contributed by atoms with Gasteiger partial charge in [-0.2, -0.15) is 0 Å². The van der Waals surface area contributed by atoms with Gasteiger partial charge in [0.25, 0.3) is 0 Å². The van der Waals surface area contributed by atoms with Crippen molar-refractivity contribution in [2.45, 2.75) is 52.2 Å². The highest BCUT2D eigenvalue weighted by Gasteiger charge is 2.31. The fraction of sp³-hybridized carbons (Fsp3) is 0.348. The van der Waals surface area contributed by atoms with Crippen molar-refractivity contribution in [1.29, 1.82) is 0 Å². The Morgan fingerprint density at radius 1 is 1.10 bits per heavy atom. The molecule has 2 aromatic heterocycles. The number of hydrogen-bond acceptors (Lipinski definition) is 6. The van der Waals surface area contributed by atoms with Gasteiger partial charge in [-0.1, -0.05) is 38.1 Å². The van der Waals surface area contributed by atoms with E-state index in [9.17, 15) is 5.11 Å². The van der Waals surface area contributed by atoms with Gasteiger partial charge in [0.1, 0.15) is 11.5 Å². The summed E-state index contributed by atoms with van der Waals surface area (Å²) < 4.78 is 5.96. The maximum Gasteiger partial charge on any atom is 0.243 e. The summed E-state index contributed by atoms with van der Waals surface area (Å²) in [4.78, 5) is 13.8. The smallest absolute Gasteiger partial charge is 0.243 e. The van der Waals surface area contributed by atoms with Gasteiger partial charge in [-0.15, -0.1) is 0 Å². The topological polar surface area (TPSA) is 80.2 Å². The monoisotopic (exact) mass is 390 g/mol. The third-order valence-electron chi connectivity index (χ3n) is 5.26. The molecule has 1 aromatic carbocycles. The number of aromatic nitrogens is 3. The van der Waals surface area contributed by atoms with Crippen molar-refractivity contribution in [2.24, 2.45) is 0 Å². The number of ether oxygens (including phenoxy) is 1. The maximum absolute atomic E-state index is 10.6. The molecule has 0 spiro atoms. The second kappa shape index (κ2) is 8.17. The van der Waals surface area contributed by atoms with Crippen LogP contribution in [0.15, 0.2) is 42.6 Å². The van der Waals surface area contributed by atoms with Gasteiger partial charge in [-0.3, -0.25) is 0 Å². The number of nitrogens with one attached hydrogen (secondary N) is 1. The van der Waals surface area contributed by atoms with Crippen LogP contribution in [0.2, 0.25) is 0 Å². The lowest BCUT2D eigenvalue weighted by atomic mass is 10.1. The first kappa shape index (κ1) is 19.3. The zero-order valence-corrected chi connectivity index (χ0v) is 17.0. The van der Waals surface area contributed by atoms with E-state index in [-0.39, 0.29) is 6.04 Å². The number of benzene rings is 1. The average Bonchev–Trinajstić information content (AvgIpc) is 3.04. The number of rotatable bonds is 6. The SMILES string of the molecule is CCc1nc(Oc2cc(C)ccn2)c(CC)nc1N[C@H]1c2ccccc2C[C@H]1O. The number of anilines is 1. The molecule has 1 aliphatic rings. The molecule has 150 valence electrons. The maximum atomic E-state index is 10.6. The van der Waals surface area contributed by atoms with Gasteiger partial charge in [-0.05, 0) is 42.5 Å². The van der Waals surface area contributed by atoms with Crippen LogP contribution in [0.5, 0.6) is 11.8 Å². The van der Waals surface area contributed by atoms with E-state index in [2.05, 4.69) is 22.4 Å². The van der Waals surface area contributed by atoms with E-state index in [0.29, 0.717) is 36.8 Å². The molecule has 6 nitrogen and oxygen atoms in total. The van der Waals surface area contributed by atoms with Crippen LogP contribution in [-0.2, 0) is 19.3 Å². The van der Waals surface area contributed by atoms with Crippen LogP contribution in [0.3, 0.4) is 0 Å². The molecular formula is C23H26N4O2. The zero-order chi connectivity index (χ0) is 20.4. The molecule has 2 heterocycles. The van der Waals surface area contributed by atoms with E-state index in [1.165, 1.54) is 5.56 Å². The molecule has 0 radical (unpaired) electrons. The van der Waals surface area contributed by atoms with Gasteiger partial charge < -0.3 is 15.2 Å². The molecule has 2 atom stereocenters. The molecule has 0 aliphatic heterocycles. The molecule has 3 aromatic rings. The standard InChI is InChI=1S/C23H26N4O2/c1-4-17-22(27-21-16-9-7-6-8-15(16)13-19(21)28)25-18(5-2)23(26-17)29-20-12-14(3)10-11-24-20/h6-12,19,21,28H,4-5,13H2,1-3H3,(H,25,27)/t19-,21+/m1/s1. The van der Waals surface area contributed by atoms with Crippen LogP contribution in [-0.4, -0.2) is 26.2 Å². The molecule has 0 saturated heterocycles. The molecule has 0 saturated carbocycles. The average molecular weight is 390 g/mol. The summed E-state index contributed by atoms with van der Waals surface area (Å²) in [6.45, 7) is 6.06. The van der Waals surface area contributed by atoms with Gasteiger partial charge in [0.15, 0.2) is 0 Å². The second-order valence-corrected chi connectivity index (χ2v) is 7.34. The van der Waals surface area contributed by atoms with Gasteiger partial charge in [0.2, 0.25) is 11.8 Å². The molecule has 0 bridgehead atoms. The lowest BCUT2D eigenvalue weighted by Crippen LogP contribution is -2.23. The van der Waals surface area contributed by atoms with E-state index in [1.807, 2.05) is 45.0 Å². The Morgan fingerprint density at radius 3 is 2.66 bits per heavy atom. The van der Waals surface area contributed by atoms with Gasteiger partial charge in [0, 0.05) is 18.7 Å². The predicted molar refractivity (Wildman–Crippen MR) is 112 cm³/mol. The molecule has 0 unspecified atom stereocenters. The molecule has 29 heavy (non-hydrogen) atoms. The lowest BCUT2D eigenvalue weighted by Gasteiger charge is -2.21. The number of aliphatic hydroxyl groups excluding tert-OH is 1. The predicted octanol–water partition coefficient (Wildman–Crippen LogP) is 4.17. The van der Waals surface area contributed by atoms with Crippen molar-refractivity contribution in [3.05, 3.63) is 70.7 Å². The van der Waals surface area contributed by atoms with E-state index in [1.54, 1.807) is 6.20 Å². The van der Waals surface area contributed by atoms with Crippen LogP contribution >= 0.6 is 0 Å². The summed E-state index contributed by atoms with van der Waals surface area (Å²) in [5.41, 5.74) is 4.93. The Bertz CT molecular complexity index is 1020. The Balaban J connectivity index is 1.66. The van der Waals surface area contributed by atoms with Gasteiger partial charge >= 0.3 is 0 Å². The van der Waals surface area contributed by atoms with Gasteiger partial charge in [0.05, 0.1) is 17.8 Å².